The molecule has 0 spiro atoms. The van der Waals surface area contributed by atoms with E-state index in [2.05, 4.69) is 0 Å². The normalized spacial score (nSPS) is 8.53. The number of aliphatic carboxylic acids is 2. The van der Waals surface area contributed by atoms with Gasteiger partial charge in [0.15, 0.2) is 6.29 Å². The van der Waals surface area contributed by atoms with Gasteiger partial charge in [-0.25, -0.2) is 0 Å². The maximum Gasteiger partial charge on any atom is 0.310 e. The Morgan fingerprint density at radius 1 is 0.842 bits per heavy atom. The van der Waals surface area contributed by atoms with E-state index in [9.17, 15) is 19.2 Å². The van der Waals surface area contributed by atoms with Crippen LogP contribution in [0.15, 0.2) is 0 Å². The number of aliphatic hydroxyl groups excluding tert-OH is 1. The Kier molecular flexibility index (Phi) is 16.8. The van der Waals surface area contributed by atoms with E-state index in [4.69, 9.17) is 20.4 Å². The molecule has 0 saturated carbocycles. The molecule has 0 heterocycles. The SMILES string of the molecule is CC(=O)CC(=O)O.CC(=O)CC(=O)O.CCC(O)O. The number of carboxylic acids is 2. The summed E-state index contributed by atoms with van der Waals surface area (Å²) in [6.45, 7) is 4.19. The fraction of sp³-hybridized carbons (Fsp3) is 0.636. The van der Waals surface area contributed by atoms with Crippen molar-refractivity contribution in [1.29, 1.82) is 0 Å². The van der Waals surface area contributed by atoms with Crippen molar-refractivity contribution in [3.63, 3.8) is 0 Å². The van der Waals surface area contributed by atoms with E-state index in [0.717, 1.165) is 0 Å². The van der Waals surface area contributed by atoms with Crippen LogP contribution in [-0.2, 0) is 19.2 Å². The molecule has 0 fully saturated rings. The van der Waals surface area contributed by atoms with Crippen molar-refractivity contribution in [3.05, 3.63) is 0 Å². The lowest BCUT2D eigenvalue weighted by Gasteiger charge is -1.90. The average molecular weight is 280 g/mol. The van der Waals surface area contributed by atoms with E-state index in [1.165, 1.54) is 13.8 Å². The summed E-state index contributed by atoms with van der Waals surface area (Å²) >= 11 is 0. The minimum absolute atomic E-state index is 0.312. The van der Waals surface area contributed by atoms with Gasteiger partial charge in [-0.05, 0) is 20.3 Å². The van der Waals surface area contributed by atoms with Gasteiger partial charge in [-0.2, -0.15) is 0 Å². The van der Waals surface area contributed by atoms with E-state index < -0.39 is 18.2 Å². The van der Waals surface area contributed by atoms with Crippen LogP contribution in [-0.4, -0.2) is 50.2 Å². The summed E-state index contributed by atoms with van der Waals surface area (Å²) in [6.07, 6.45) is -1.42. The third-order valence-corrected chi connectivity index (χ3v) is 1.17. The molecule has 0 aromatic carbocycles. The molecule has 0 aromatic heterocycles. The Morgan fingerprint density at radius 3 is 1.05 bits per heavy atom. The summed E-state index contributed by atoms with van der Waals surface area (Å²) < 4.78 is 0. The Morgan fingerprint density at radius 2 is 1.05 bits per heavy atom. The minimum Gasteiger partial charge on any atom is -0.481 e. The quantitative estimate of drug-likeness (QED) is 0.399. The van der Waals surface area contributed by atoms with Crippen LogP contribution in [0.5, 0.6) is 0 Å². The van der Waals surface area contributed by atoms with Gasteiger partial charge in [-0.1, -0.05) is 6.92 Å². The first-order valence-corrected chi connectivity index (χ1v) is 5.31. The molecule has 0 unspecified atom stereocenters. The first kappa shape index (κ1) is 22.4. The highest BCUT2D eigenvalue weighted by Gasteiger charge is 1.98. The lowest BCUT2D eigenvalue weighted by atomic mass is 10.3. The van der Waals surface area contributed by atoms with Crippen molar-refractivity contribution in [2.24, 2.45) is 0 Å². The number of aliphatic hydroxyl groups is 2. The second-order valence-corrected chi connectivity index (χ2v) is 3.43. The molecule has 0 amide bonds. The monoisotopic (exact) mass is 280 g/mol. The molecule has 8 nitrogen and oxygen atoms in total. The van der Waals surface area contributed by atoms with Gasteiger partial charge in [0, 0.05) is 0 Å². The minimum atomic E-state index is -1.12. The molecule has 0 rings (SSSR count). The van der Waals surface area contributed by atoms with Crippen LogP contribution >= 0.6 is 0 Å². The van der Waals surface area contributed by atoms with Crippen molar-refractivity contribution in [2.75, 3.05) is 0 Å². The molecule has 8 heteroatoms. The fourth-order valence-electron chi connectivity index (χ4n) is 0.426. The second-order valence-electron chi connectivity index (χ2n) is 3.43. The molecule has 19 heavy (non-hydrogen) atoms. The zero-order valence-electron chi connectivity index (χ0n) is 11.1. The standard InChI is InChI=1S/2C4H6O3.C3H8O2/c2*1-3(5)2-4(6)7;1-2-3(4)5/h2*2H2,1H3,(H,6,7);3-5H,2H2,1H3. The zero-order chi connectivity index (χ0) is 16.0. The highest BCUT2D eigenvalue weighted by atomic mass is 16.5. The van der Waals surface area contributed by atoms with Crippen LogP contribution in [0.3, 0.4) is 0 Å². The van der Waals surface area contributed by atoms with E-state index in [1.54, 1.807) is 6.92 Å². The Balaban J connectivity index is -0.000000206. The van der Waals surface area contributed by atoms with Gasteiger partial charge in [0.2, 0.25) is 0 Å². The number of hydrogen-bond acceptors (Lipinski definition) is 6. The first-order valence-electron chi connectivity index (χ1n) is 5.31. The first-order chi connectivity index (χ1) is 8.52. The molecule has 0 aliphatic heterocycles. The summed E-state index contributed by atoms with van der Waals surface area (Å²) in [7, 11) is 0. The highest BCUT2D eigenvalue weighted by molar-refractivity contribution is 5.93. The Bertz CT molecular complexity index is 245. The summed E-state index contributed by atoms with van der Waals surface area (Å²) in [5.41, 5.74) is 0. The third-order valence-electron chi connectivity index (χ3n) is 1.17. The van der Waals surface area contributed by atoms with Crippen molar-refractivity contribution in [1.82, 2.24) is 0 Å². The van der Waals surface area contributed by atoms with Gasteiger partial charge in [0.1, 0.15) is 24.4 Å². The molecule has 0 bridgehead atoms. The van der Waals surface area contributed by atoms with Gasteiger partial charge < -0.3 is 20.4 Å². The van der Waals surface area contributed by atoms with Gasteiger partial charge in [0.25, 0.3) is 0 Å². The smallest absolute Gasteiger partial charge is 0.310 e. The van der Waals surface area contributed by atoms with Crippen LogP contribution in [0.25, 0.3) is 0 Å². The van der Waals surface area contributed by atoms with Gasteiger partial charge in [0.05, 0.1) is 0 Å². The maximum absolute atomic E-state index is 9.87. The van der Waals surface area contributed by atoms with Crippen LogP contribution < -0.4 is 0 Å². The van der Waals surface area contributed by atoms with Crippen LogP contribution in [0, 0.1) is 0 Å². The zero-order valence-corrected chi connectivity index (χ0v) is 11.1. The molecule has 0 saturated heterocycles. The van der Waals surface area contributed by atoms with Crippen LogP contribution in [0.4, 0.5) is 0 Å². The molecule has 112 valence electrons. The molecular weight excluding hydrogens is 260 g/mol. The number of rotatable bonds is 5. The fourth-order valence-corrected chi connectivity index (χ4v) is 0.426. The predicted molar refractivity (Wildman–Crippen MR) is 64.4 cm³/mol. The number of carbonyl (C=O) groups is 4. The van der Waals surface area contributed by atoms with Gasteiger partial charge in [-0.3, -0.25) is 19.2 Å². The molecule has 4 N–H and O–H groups in total. The molecule has 0 aliphatic carbocycles. The van der Waals surface area contributed by atoms with Gasteiger partial charge in [-0.15, -0.1) is 0 Å². The lowest BCUT2D eigenvalue weighted by Crippen LogP contribution is -2.00. The Labute approximate surface area is 110 Å². The summed E-state index contributed by atoms with van der Waals surface area (Å²) in [5, 5.41) is 31.6. The van der Waals surface area contributed by atoms with Crippen molar-refractivity contribution in [3.8, 4) is 0 Å². The van der Waals surface area contributed by atoms with Crippen molar-refractivity contribution < 1.29 is 39.6 Å². The van der Waals surface area contributed by atoms with Crippen molar-refractivity contribution >= 4 is 23.5 Å². The predicted octanol–water partition coefficient (Wildman–Crippen LogP) is -0.193. The number of carboxylic acid groups (broad SMARTS) is 2. The molecule has 0 atom stereocenters. The van der Waals surface area contributed by atoms with Crippen LogP contribution in [0.2, 0.25) is 0 Å². The van der Waals surface area contributed by atoms with E-state index in [0.29, 0.717) is 6.42 Å². The largest absolute Gasteiger partial charge is 0.481 e. The third kappa shape index (κ3) is 48.6. The second kappa shape index (κ2) is 14.3. The number of carbonyl (C=O) groups excluding carboxylic acids is 2. The molecule has 0 aromatic rings. The van der Waals surface area contributed by atoms with E-state index in [1.807, 2.05) is 0 Å². The van der Waals surface area contributed by atoms with Crippen LogP contribution in [0.1, 0.15) is 40.0 Å². The number of Topliss-reactive ketones (excluding diaryl/α,β-unsaturated/α-hetero) is 2. The molecule has 0 radical (unpaired) electrons. The topological polar surface area (TPSA) is 149 Å². The van der Waals surface area contributed by atoms with Crippen molar-refractivity contribution in [2.45, 2.75) is 46.3 Å². The van der Waals surface area contributed by atoms with E-state index in [-0.39, 0.29) is 24.4 Å². The molecule has 0 aliphatic rings. The maximum atomic E-state index is 9.87. The lowest BCUT2D eigenvalue weighted by molar-refractivity contribution is -0.141. The highest BCUT2D eigenvalue weighted by Crippen LogP contribution is 1.78. The van der Waals surface area contributed by atoms with E-state index >= 15 is 0 Å². The van der Waals surface area contributed by atoms with Gasteiger partial charge >= 0.3 is 11.9 Å². The summed E-state index contributed by atoms with van der Waals surface area (Å²) in [5.74, 6) is -2.75. The number of hydrogen-bond donors (Lipinski definition) is 4. The summed E-state index contributed by atoms with van der Waals surface area (Å²) in [6, 6.07) is 0. The Hall–Kier alpha value is -1.80. The molecular formula is C11H20O8. The average Bonchev–Trinajstić information content (AvgIpc) is 2.14. The summed E-state index contributed by atoms with van der Waals surface area (Å²) in [4.78, 5) is 38.9. The number of ketones is 2.